The molecule has 0 saturated heterocycles. The standard InChI is InChI=1S/C15H15ClF3NS/c1-3-20-13(14-12(16)6-7-21-14)11-5-4-10(8-9(11)2)15(17,18)19/h4-8,13,20H,3H2,1-2H3. The van der Waals surface area contributed by atoms with E-state index >= 15 is 0 Å². The topological polar surface area (TPSA) is 12.0 Å². The Morgan fingerprint density at radius 2 is 2.00 bits per heavy atom. The molecule has 0 amide bonds. The first kappa shape index (κ1) is 16.3. The van der Waals surface area contributed by atoms with Crippen molar-refractivity contribution in [2.45, 2.75) is 26.1 Å². The number of halogens is 4. The van der Waals surface area contributed by atoms with Gasteiger partial charge in [-0.25, -0.2) is 0 Å². The first-order valence-electron chi connectivity index (χ1n) is 6.48. The van der Waals surface area contributed by atoms with Gasteiger partial charge in [0.05, 0.1) is 16.6 Å². The zero-order chi connectivity index (χ0) is 15.6. The van der Waals surface area contributed by atoms with Crippen LogP contribution in [-0.2, 0) is 6.18 Å². The number of aryl methyl sites for hydroxylation is 1. The Hall–Kier alpha value is -1.04. The monoisotopic (exact) mass is 333 g/mol. The summed E-state index contributed by atoms with van der Waals surface area (Å²) in [6.45, 7) is 4.34. The van der Waals surface area contributed by atoms with E-state index in [-0.39, 0.29) is 6.04 Å². The third-order valence-corrected chi connectivity index (χ3v) is 4.65. The molecule has 6 heteroatoms. The van der Waals surface area contributed by atoms with Crippen molar-refractivity contribution in [3.63, 3.8) is 0 Å². The Kier molecular flexibility index (Phi) is 4.96. The maximum Gasteiger partial charge on any atom is 0.416 e. The Morgan fingerprint density at radius 3 is 2.48 bits per heavy atom. The van der Waals surface area contributed by atoms with Gasteiger partial charge in [-0.15, -0.1) is 11.3 Å². The molecule has 1 N–H and O–H groups in total. The first-order valence-corrected chi connectivity index (χ1v) is 7.74. The average molecular weight is 334 g/mol. The van der Waals surface area contributed by atoms with Crippen LogP contribution in [0, 0.1) is 6.92 Å². The molecule has 0 aliphatic rings. The van der Waals surface area contributed by atoms with Gasteiger partial charge in [0.2, 0.25) is 0 Å². The summed E-state index contributed by atoms with van der Waals surface area (Å²) in [5.41, 5.74) is 0.783. The van der Waals surface area contributed by atoms with Crippen LogP contribution >= 0.6 is 22.9 Å². The second-order valence-corrected chi connectivity index (χ2v) is 6.05. The van der Waals surface area contributed by atoms with Crippen LogP contribution in [0.1, 0.15) is 34.5 Å². The zero-order valence-corrected chi connectivity index (χ0v) is 13.2. The number of hydrogen-bond acceptors (Lipinski definition) is 2. The molecule has 1 heterocycles. The molecule has 0 radical (unpaired) electrons. The molecule has 2 aromatic rings. The maximum atomic E-state index is 12.8. The molecule has 2 rings (SSSR count). The van der Waals surface area contributed by atoms with Gasteiger partial charge in [-0.3, -0.25) is 0 Å². The van der Waals surface area contributed by atoms with E-state index in [2.05, 4.69) is 5.32 Å². The number of nitrogens with one attached hydrogen (secondary N) is 1. The lowest BCUT2D eigenvalue weighted by Crippen LogP contribution is -2.22. The minimum absolute atomic E-state index is 0.190. The van der Waals surface area contributed by atoms with Gasteiger partial charge >= 0.3 is 6.18 Å². The van der Waals surface area contributed by atoms with Crippen LogP contribution in [0.25, 0.3) is 0 Å². The highest BCUT2D eigenvalue weighted by Gasteiger charge is 2.31. The van der Waals surface area contributed by atoms with Crippen LogP contribution in [0.4, 0.5) is 13.2 Å². The predicted octanol–water partition coefficient (Wildman–Crippen LogP) is 5.43. The molecule has 1 atom stereocenters. The maximum absolute atomic E-state index is 12.8. The van der Waals surface area contributed by atoms with E-state index in [1.165, 1.54) is 23.5 Å². The van der Waals surface area contributed by atoms with Crippen LogP contribution in [0.3, 0.4) is 0 Å². The smallest absolute Gasteiger partial charge is 0.306 e. The lowest BCUT2D eigenvalue weighted by molar-refractivity contribution is -0.137. The van der Waals surface area contributed by atoms with Crippen molar-refractivity contribution < 1.29 is 13.2 Å². The summed E-state index contributed by atoms with van der Waals surface area (Å²) in [5, 5.41) is 5.79. The van der Waals surface area contributed by atoms with Crippen LogP contribution in [0.5, 0.6) is 0 Å². The van der Waals surface area contributed by atoms with Gasteiger partial charge in [-0.1, -0.05) is 24.6 Å². The molecule has 1 nitrogen and oxygen atoms in total. The van der Waals surface area contributed by atoms with E-state index in [1.807, 2.05) is 12.3 Å². The second-order valence-electron chi connectivity index (χ2n) is 4.69. The lowest BCUT2D eigenvalue weighted by atomic mass is 9.97. The summed E-state index contributed by atoms with van der Waals surface area (Å²) in [6, 6.07) is 5.44. The van der Waals surface area contributed by atoms with Crippen LogP contribution in [0.15, 0.2) is 29.6 Å². The van der Waals surface area contributed by atoms with Gasteiger partial charge in [0.15, 0.2) is 0 Å². The van der Waals surface area contributed by atoms with E-state index in [1.54, 1.807) is 13.0 Å². The molecule has 114 valence electrons. The molecule has 0 bridgehead atoms. The van der Waals surface area contributed by atoms with Crippen LogP contribution in [0.2, 0.25) is 5.02 Å². The van der Waals surface area contributed by atoms with E-state index in [4.69, 9.17) is 11.6 Å². The molecule has 0 aliphatic carbocycles. The van der Waals surface area contributed by atoms with Crippen molar-refractivity contribution in [2.24, 2.45) is 0 Å². The highest BCUT2D eigenvalue weighted by Crippen LogP contribution is 2.36. The van der Waals surface area contributed by atoms with E-state index in [0.717, 1.165) is 16.5 Å². The van der Waals surface area contributed by atoms with Gasteiger partial charge < -0.3 is 5.32 Å². The number of thiophene rings is 1. The Labute approximate surface area is 130 Å². The molecule has 1 unspecified atom stereocenters. The zero-order valence-electron chi connectivity index (χ0n) is 11.6. The van der Waals surface area contributed by atoms with Crippen molar-refractivity contribution in [3.8, 4) is 0 Å². The molecule has 1 aromatic heterocycles. The summed E-state index contributed by atoms with van der Waals surface area (Å²) < 4.78 is 38.3. The quantitative estimate of drug-likeness (QED) is 0.787. The summed E-state index contributed by atoms with van der Waals surface area (Å²) in [6.07, 6.45) is -4.32. The number of hydrogen-bond donors (Lipinski definition) is 1. The van der Waals surface area contributed by atoms with Gasteiger partial charge in [0.25, 0.3) is 0 Å². The molecule has 0 aliphatic heterocycles. The first-order chi connectivity index (χ1) is 9.84. The fraction of sp³-hybridized carbons (Fsp3) is 0.333. The van der Waals surface area contributed by atoms with E-state index < -0.39 is 11.7 Å². The summed E-state index contributed by atoms with van der Waals surface area (Å²) in [4.78, 5) is 0.918. The van der Waals surface area contributed by atoms with Crippen molar-refractivity contribution in [1.82, 2.24) is 5.32 Å². The van der Waals surface area contributed by atoms with E-state index in [9.17, 15) is 13.2 Å². The molecule has 0 fully saturated rings. The van der Waals surface area contributed by atoms with Gasteiger partial charge in [-0.05, 0) is 48.2 Å². The second kappa shape index (κ2) is 6.38. The molecule has 0 spiro atoms. The Balaban J connectivity index is 2.45. The fourth-order valence-corrected chi connectivity index (χ4v) is 3.49. The summed E-state index contributed by atoms with van der Waals surface area (Å²) in [7, 11) is 0. The third-order valence-electron chi connectivity index (χ3n) is 3.22. The third kappa shape index (κ3) is 3.59. The number of benzene rings is 1. The normalized spacial score (nSPS) is 13.4. The van der Waals surface area contributed by atoms with E-state index in [0.29, 0.717) is 17.1 Å². The van der Waals surface area contributed by atoms with Gasteiger partial charge in [0.1, 0.15) is 0 Å². The van der Waals surface area contributed by atoms with Crippen molar-refractivity contribution in [2.75, 3.05) is 6.54 Å². The summed E-state index contributed by atoms with van der Waals surface area (Å²) in [5.74, 6) is 0. The fourth-order valence-electron chi connectivity index (χ4n) is 2.24. The molecule has 21 heavy (non-hydrogen) atoms. The summed E-state index contributed by atoms with van der Waals surface area (Å²) >= 11 is 7.66. The lowest BCUT2D eigenvalue weighted by Gasteiger charge is -2.21. The SMILES string of the molecule is CCNC(c1ccc(C(F)(F)F)cc1C)c1sccc1Cl. The average Bonchev–Trinajstić information content (AvgIpc) is 2.81. The van der Waals surface area contributed by atoms with Crippen molar-refractivity contribution in [1.29, 1.82) is 0 Å². The number of alkyl halides is 3. The Morgan fingerprint density at radius 1 is 1.29 bits per heavy atom. The van der Waals surface area contributed by atoms with Gasteiger partial charge in [0, 0.05) is 4.88 Å². The van der Waals surface area contributed by atoms with Crippen LogP contribution in [-0.4, -0.2) is 6.54 Å². The minimum Gasteiger partial charge on any atom is -0.306 e. The largest absolute Gasteiger partial charge is 0.416 e. The molecular formula is C15H15ClF3NS. The van der Waals surface area contributed by atoms with Crippen molar-refractivity contribution in [3.05, 3.63) is 56.2 Å². The van der Waals surface area contributed by atoms with Gasteiger partial charge in [-0.2, -0.15) is 13.2 Å². The molecule has 0 saturated carbocycles. The molecular weight excluding hydrogens is 319 g/mol. The number of rotatable bonds is 4. The van der Waals surface area contributed by atoms with Crippen LogP contribution < -0.4 is 5.32 Å². The van der Waals surface area contributed by atoms with Crippen molar-refractivity contribution >= 4 is 22.9 Å². The predicted molar refractivity (Wildman–Crippen MR) is 81.0 cm³/mol. The minimum atomic E-state index is -4.32. The Bertz CT molecular complexity index is 622. The highest BCUT2D eigenvalue weighted by atomic mass is 35.5. The molecule has 1 aromatic carbocycles. The highest BCUT2D eigenvalue weighted by molar-refractivity contribution is 7.10.